The molecule has 0 aliphatic rings. The number of hydrogen-bond acceptors (Lipinski definition) is 4. The Kier molecular flexibility index (Phi) is 7.33. The van der Waals surface area contributed by atoms with Crippen LogP contribution in [0.1, 0.15) is 0 Å². The van der Waals surface area contributed by atoms with Crippen molar-refractivity contribution in [3.8, 4) is 44.2 Å². The van der Waals surface area contributed by atoms with E-state index in [4.69, 9.17) is 8.83 Å². The average Bonchev–Trinajstić information content (AvgIpc) is 3.96. The molecule has 0 spiro atoms. The molecule has 7 aromatic carbocycles. The van der Waals surface area contributed by atoms with Gasteiger partial charge in [-0.05, 0) is 107 Å². The predicted octanol–water partition coefficient (Wildman–Crippen LogP) is 14.5. The second-order valence-electron chi connectivity index (χ2n) is 13.0. The van der Waals surface area contributed by atoms with E-state index in [9.17, 15) is 0 Å². The van der Waals surface area contributed by atoms with Crippen LogP contribution in [0.4, 0.5) is 17.1 Å². The van der Waals surface area contributed by atoms with Crippen molar-refractivity contribution in [1.82, 2.24) is 0 Å². The van der Waals surface area contributed by atoms with E-state index < -0.39 is 0 Å². The van der Waals surface area contributed by atoms with Crippen molar-refractivity contribution in [2.45, 2.75) is 0 Å². The molecule has 0 saturated heterocycles. The Morgan fingerprint density at radius 2 is 0.750 bits per heavy atom. The maximum absolute atomic E-state index is 6.18. The van der Waals surface area contributed by atoms with Crippen LogP contribution in [0.25, 0.3) is 76.2 Å². The quantitative estimate of drug-likeness (QED) is 0.167. The third-order valence-corrected chi connectivity index (χ3v) is 10.9. The highest BCUT2D eigenvalue weighted by Crippen LogP contribution is 2.40. The maximum atomic E-state index is 6.18. The number of anilines is 3. The van der Waals surface area contributed by atoms with E-state index in [0.29, 0.717) is 0 Å². The first-order valence-electron chi connectivity index (χ1n) is 17.4. The SMILES string of the molecule is c1ccc2oc(-c3ccc(-c4ccc(N(c5ccc(-c6cc7ccccc7o6)cc5)c5ccc(-c6cc7ccccc7s6)cc5)cc4)cc3)cc2c1. The summed E-state index contributed by atoms with van der Waals surface area (Å²) in [5, 5.41) is 3.49. The van der Waals surface area contributed by atoms with Crippen molar-refractivity contribution in [2.24, 2.45) is 0 Å². The van der Waals surface area contributed by atoms with Gasteiger partial charge in [0.25, 0.3) is 0 Å². The van der Waals surface area contributed by atoms with Crippen LogP contribution in [-0.2, 0) is 0 Å². The molecule has 3 aromatic heterocycles. The van der Waals surface area contributed by atoms with Crippen LogP contribution in [0, 0.1) is 0 Å². The molecule has 52 heavy (non-hydrogen) atoms. The lowest BCUT2D eigenvalue weighted by molar-refractivity contribution is 0.631. The highest BCUT2D eigenvalue weighted by molar-refractivity contribution is 7.22. The molecule has 0 bridgehead atoms. The summed E-state index contributed by atoms with van der Waals surface area (Å²) >= 11 is 1.83. The second kappa shape index (κ2) is 12.6. The van der Waals surface area contributed by atoms with E-state index in [1.165, 1.54) is 20.5 Å². The molecule has 0 aliphatic carbocycles. The number of benzene rings is 7. The van der Waals surface area contributed by atoms with Gasteiger partial charge in [-0.25, -0.2) is 0 Å². The van der Waals surface area contributed by atoms with E-state index in [2.05, 4.69) is 157 Å². The van der Waals surface area contributed by atoms with Crippen LogP contribution in [0.15, 0.2) is 197 Å². The van der Waals surface area contributed by atoms with Crippen molar-refractivity contribution in [3.05, 3.63) is 188 Å². The molecule has 0 unspecified atom stereocenters. The minimum atomic E-state index is 0.864. The molecule has 10 aromatic rings. The first kappa shape index (κ1) is 30.2. The first-order chi connectivity index (χ1) is 25.7. The average molecular weight is 686 g/mol. The number of para-hydroxylation sites is 2. The first-order valence-corrected chi connectivity index (χ1v) is 18.2. The Hall–Kier alpha value is -6.62. The molecule has 0 radical (unpaired) electrons. The fourth-order valence-electron chi connectivity index (χ4n) is 7.00. The molecule has 10 rings (SSSR count). The molecule has 246 valence electrons. The topological polar surface area (TPSA) is 29.5 Å². The Labute approximate surface area is 305 Å². The van der Waals surface area contributed by atoms with Gasteiger partial charge in [0.05, 0.1) is 0 Å². The molecule has 0 N–H and O–H groups in total. The van der Waals surface area contributed by atoms with Crippen LogP contribution in [0.3, 0.4) is 0 Å². The van der Waals surface area contributed by atoms with Gasteiger partial charge in [0.15, 0.2) is 0 Å². The van der Waals surface area contributed by atoms with Crippen molar-refractivity contribution in [1.29, 1.82) is 0 Å². The van der Waals surface area contributed by atoms with E-state index >= 15 is 0 Å². The molecule has 0 atom stereocenters. The zero-order chi connectivity index (χ0) is 34.4. The largest absolute Gasteiger partial charge is 0.456 e. The van der Waals surface area contributed by atoms with Crippen LogP contribution in [0.5, 0.6) is 0 Å². The van der Waals surface area contributed by atoms with Crippen molar-refractivity contribution in [2.75, 3.05) is 4.90 Å². The lowest BCUT2D eigenvalue weighted by Gasteiger charge is -2.26. The molecule has 0 fully saturated rings. The fourth-order valence-corrected chi connectivity index (χ4v) is 8.07. The van der Waals surface area contributed by atoms with Crippen LogP contribution in [-0.4, -0.2) is 0 Å². The zero-order valence-corrected chi connectivity index (χ0v) is 28.9. The Morgan fingerprint density at radius 3 is 1.25 bits per heavy atom. The Bertz CT molecular complexity index is 2610. The van der Waals surface area contributed by atoms with Crippen LogP contribution >= 0.6 is 11.3 Å². The van der Waals surface area contributed by atoms with Gasteiger partial charge < -0.3 is 13.7 Å². The normalized spacial score (nSPS) is 11.5. The Balaban J connectivity index is 0.980. The van der Waals surface area contributed by atoms with E-state index in [1.807, 2.05) is 47.7 Å². The summed E-state index contributed by atoms with van der Waals surface area (Å²) in [6, 6.07) is 66.3. The molecule has 0 saturated carbocycles. The van der Waals surface area contributed by atoms with Gasteiger partial charge in [0.1, 0.15) is 22.7 Å². The number of rotatable bonds is 7. The number of hydrogen-bond donors (Lipinski definition) is 0. The molecule has 3 nitrogen and oxygen atoms in total. The number of thiophene rings is 1. The highest BCUT2D eigenvalue weighted by Gasteiger charge is 2.15. The molecule has 4 heteroatoms. The van der Waals surface area contributed by atoms with Gasteiger partial charge in [-0.2, -0.15) is 0 Å². The van der Waals surface area contributed by atoms with Gasteiger partial charge in [-0.15, -0.1) is 11.3 Å². The predicted molar refractivity (Wildman–Crippen MR) is 218 cm³/mol. The third-order valence-electron chi connectivity index (χ3n) is 9.72. The van der Waals surface area contributed by atoms with Crippen LogP contribution < -0.4 is 4.90 Å². The summed E-state index contributed by atoms with van der Waals surface area (Å²) in [5.74, 6) is 1.74. The highest BCUT2D eigenvalue weighted by atomic mass is 32.1. The molecule has 0 aliphatic heterocycles. The lowest BCUT2D eigenvalue weighted by Crippen LogP contribution is -2.09. The zero-order valence-electron chi connectivity index (χ0n) is 28.1. The summed E-state index contributed by atoms with van der Waals surface area (Å²) in [4.78, 5) is 3.58. The van der Waals surface area contributed by atoms with Gasteiger partial charge in [0, 0.05) is 48.5 Å². The minimum Gasteiger partial charge on any atom is -0.456 e. The van der Waals surface area contributed by atoms with Crippen LogP contribution in [0.2, 0.25) is 0 Å². The van der Waals surface area contributed by atoms with Gasteiger partial charge in [-0.3, -0.25) is 0 Å². The van der Waals surface area contributed by atoms with E-state index in [1.54, 1.807) is 0 Å². The van der Waals surface area contributed by atoms with Gasteiger partial charge in [-0.1, -0.05) is 103 Å². The molecule has 0 amide bonds. The smallest absolute Gasteiger partial charge is 0.135 e. The Morgan fingerprint density at radius 1 is 0.346 bits per heavy atom. The third kappa shape index (κ3) is 5.56. The van der Waals surface area contributed by atoms with Crippen molar-refractivity contribution < 1.29 is 8.83 Å². The summed E-state index contributed by atoms with van der Waals surface area (Å²) in [7, 11) is 0. The maximum Gasteiger partial charge on any atom is 0.135 e. The lowest BCUT2D eigenvalue weighted by atomic mass is 10.0. The van der Waals surface area contributed by atoms with E-state index in [-0.39, 0.29) is 0 Å². The number of fused-ring (bicyclic) bond motifs is 3. The summed E-state index contributed by atoms with van der Waals surface area (Å²) < 4.78 is 13.6. The number of furan rings is 2. The fraction of sp³-hybridized carbons (Fsp3) is 0. The summed E-state index contributed by atoms with van der Waals surface area (Å²) in [5.41, 5.74) is 10.7. The number of nitrogens with zero attached hydrogens (tertiary/aromatic N) is 1. The van der Waals surface area contributed by atoms with Gasteiger partial charge >= 0.3 is 0 Å². The standard InChI is InChI=1S/C48H31NO2S/c1-4-10-43-37(7-1)29-45(50-43)34-15-13-32(14-16-34)33-17-23-40(24-18-33)49(41-25-19-35(20-26-41)46-30-38-8-2-5-11-44(38)51-46)42-27-21-36(22-28-42)48-31-39-9-3-6-12-47(39)52-48/h1-31H. The summed E-state index contributed by atoms with van der Waals surface area (Å²) in [6.45, 7) is 0. The molecule has 3 heterocycles. The minimum absolute atomic E-state index is 0.864. The van der Waals surface area contributed by atoms with Gasteiger partial charge in [0.2, 0.25) is 0 Å². The monoisotopic (exact) mass is 685 g/mol. The molecular formula is C48H31NO2S. The van der Waals surface area contributed by atoms with Crippen molar-refractivity contribution in [3.63, 3.8) is 0 Å². The summed E-state index contributed by atoms with van der Waals surface area (Å²) in [6.07, 6.45) is 0. The van der Waals surface area contributed by atoms with Crippen molar-refractivity contribution >= 4 is 60.4 Å². The molecular weight excluding hydrogens is 655 g/mol. The van der Waals surface area contributed by atoms with E-state index in [0.717, 1.165) is 72.8 Å². The second-order valence-corrected chi connectivity index (χ2v) is 14.1.